The Morgan fingerprint density at radius 1 is 0.759 bits per heavy atom. The first kappa shape index (κ1) is 20.4. The Morgan fingerprint density at radius 3 is 1.66 bits per heavy atom. The molecule has 6 heteroatoms. The molecule has 0 bridgehead atoms. The van der Waals surface area contributed by atoms with Crippen molar-refractivity contribution < 1.29 is 17.9 Å². The number of rotatable bonds is 8. The number of benzene rings is 3. The van der Waals surface area contributed by atoms with Crippen molar-refractivity contribution in [1.82, 2.24) is 0 Å². The van der Waals surface area contributed by atoms with Gasteiger partial charge in [0.25, 0.3) is 0 Å². The molecule has 3 aromatic rings. The molecule has 0 aromatic heterocycles. The normalized spacial score (nSPS) is 10.9. The lowest BCUT2D eigenvalue weighted by molar-refractivity contribution is 0.247. The molecule has 29 heavy (non-hydrogen) atoms. The molecular formula is C23H21NO4S. The van der Waals surface area contributed by atoms with Gasteiger partial charge in [-0.15, -0.1) is 0 Å². The molecule has 0 N–H and O–H groups in total. The summed E-state index contributed by atoms with van der Waals surface area (Å²) in [5.41, 5.74) is 2.75. The maximum Gasteiger partial charge on any atom is 0.175 e. The number of nitriles is 1. The maximum atomic E-state index is 11.4. The minimum atomic E-state index is -3.19. The first-order valence-corrected chi connectivity index (χ1v) is 11.0. The zero-order valence-corrected chi connectivity index (χ0v) is 16.9. The first-order chi connectivity index (χ1) is 14.0. The number of hydrogen-bond acceptors (Lipinski definition) is 5. The minimum absolute atomic E-state index is 0.276. The highest BCUT2D eigenvalue weighted by Gasteiger charge is 2.06. The van der Waals surface area contributed by atoms with E-state index in [1.54, 1.807) is 24.3 Å². The van der Waals surface area contributed by atoms with Crippen LogP contribution in [0.2, 0.25) is 0 Å². The topological polar surface area (TPSA) is 76.4 Å². The summed E-state index contributed by atoms with van der Waals surface area (Å²) < 4.78 is 34.2. The van der Waals surface area contributed by atoms with E-state index in [0.717, 1.165) is 16.9 Å². The Labute approximate surface area is 171 Å². The van der Waals surface area contributed by atoms with Gasteiger partial charge >= 0.3 is 0 Å². The van der Waals surface area contributed by atoms with Crippen LogP contribution in [0.1, 0.15) is 12.0 Å². The third-order valence-electron chi connectivity index (χ3n) is 4.28. The molecule has 0 spiro atoms. The zero-order valence-electron chi connectivity index (χ0n) is 16.0. The van der Waals surface area contributed by atoms with Crippen LogP contribution in [0, 0.1) is 11.3 Å². The minimum Gasteiger partial charge on any atom is -0.493 e. The van der Waals surface area contributed by atoms with E-state index in [-0.39, 0.29) is 4.90 Å². The van der Waals surface area contributed by atoms with Crippen LogP contribution in [0.25, 0.3) is 11.1 Å². The van der Waals surface area contributed by atoms with Crippen molar-refractivity contribution in [2.45, 2.75) is 11.3 Å². The van der Waals surface area contributed by atoms with Crippen LogP contribution in [0.4, 0.5) is 0 Å². The van der Waals surface area contributed by atoms with Gasteiger partial charge in [-0.25, -0.2) is 8.42 Å². The van der Waals surface area contributed by atoms with Gasteiger partial charge in [0.1, 0.15) is 11.5 Å². The fourth-order valence-electron chi connectivity index (χ4n) is 2.70. The molecule has 5 nitrogen and oxygen atoms in total. The molecule has 0 saturated carbocycles. The van der Waals surface area contributed by atoms with E-state index in [4.69, 9.17) is 14.7 Å². The molecule has 0 saturated heterocycles. The third kappa shape index (κ3) is 5.84. The highest BCUT2D eigenvalue weighted by molar-refractivity contribution is 7.90. The molecule has 0 heterocycles. The fourth-order valence-corrected chi connectivity index (χ4v) is 3.33. The van der Waals surface area contributed by atoms with E-state index < -0.39 is 9.84 Å². The van der Waals surface area contributed by atoms with Crippen LogP contribution >= 0.6 is 0 Å². The second kappa shape index (κ2) is 9.26. The molecule has 0 aliphatic heterocycles. The van der Waals surface area contributed by atoms with Gasteiger partial charge in [0, 0.05) is 12.7 Å². The van der Waals surface area contributed by atoms with Gasteiger partial charge in [0.05, 0.1) is 29.7 Å². The van der Waals surface area contributed by atoms with E-state index in [2.05, 4.69) is 6.07 Å². The van der Waals surface area contributed by atoms with Crippen LogP contribution in [-0.4, -0.2) is 27.9 Å². The Hall–Kier alpha value is -3.30. The molecule has 0 atom stereocenters. The predicted octanol–water partition coefficient (Wildman–Crippen LogP) is 4.48. The SMILES string of the molecule is CS(=O)(=O)c1ccc(OCCCOc2ccc(-c3ccc(C#N)cc3)cc2)cc1. The zero-order chi connectivity index (χ0) is 20.7. The summed E-state index contributed by atoms with van der Waals surface area (Å²) in [6.07, 6.45) is 1.88. The van der Waals surface area contributed by atoms with Gasteiger partial charge in [-0.05, 0) is 59.7 Å². The largest absolute Gasteiger partial charge is 0.493 e. The standard InChI is InChI=1S/C23H21NO4S/c1-29(25,26)23-13-11-22(12-14-23)28-16-2-15-27-21-9-7-20(8-10-21)19-5-3-18(17-24)4-6-19/h3-14H,2,15-16H2,1H3. The predicted molar refractivity (Wildman–Crippen MR) is 112 cm³/mol. The second-order valence-electron chi connectivity index (χ2n) is 6.51. The summed E-state index contributed by atoms with van der Waals surface area (Å²) >= 11 is 0. The molecular weight excluding hydrogens is 386 g/mol. The van der Waals surface area contributed by atoms with Gasteiger partial charge in [0.2, 0.25) is 0 Å². The molecule has 3 rings (SSSR count). The van der Waals surface area contributed by atoms with Gasteiger partial charge in [-0.1, -0.05) is 24.3 Å². The fraction of sp³-hybridized carbons (Fsp3) is 0.174. The summed E-state index contributed by atoms with van der Waals surface area (Å²) in [4.78, 5) is 0.276. The second-order valence-corrected chi connectivity index (χ2v) is 8.52. The summed E-state index contributed by atoms with van der Waals surface area (Å²) in [6, 6.07) is 23.7. The van der Waals surface area contributed by atoms with E-state index in [1.165, 1.54) is 18.4 Å². The summed E-state index contributed by atoms with van der Waals surface area (Å²) in [5.74, 6) is 1.41. The van der Waals surface area contributed by atoms with E-state index in [0.29, 0.717) is 30.9 Å². The molecule has 0 aliphatic carbocycles. The van der Waals surface area contributed by atoms with E-state index >= 15 is 0 Å². The molecule has 0 unspecified atom stereocenters. The van der Waals surface area contributed by atoms with Crippen molar-refractivity contribution >= 4 is 9.84 Å². The van der Waals surface area contributed by atoms with Crippen LogP contribution in [0.3, 0.4) is 0 Å². The van der Waals surface area contributed by atoms with Crippen LogP contribution < -0.4 is 9.47 Å². The highest BCUT2D eigenvalue weighted by Crippen LogP contribution is 2.23. The van der Waals surface area contributed by atoms with Crippen LogP contribution in [0.15, 0.2) is 77.7 Å². The van der Waals surface area contributed by atoms with Crippen LogP contribution in [0.5, 0.6) is 11.5 Å². The lowest BCUT2D eigenvalue weighted by Gasteiger charge is -2.09. The van der Waals surface area contributed by atoms with Gasteiger partial charge in [0.15, 0.2) is 9.84 Å². The van der Waals surface area contributed by atoms with Crippen molar-refractivity contribution in [3.05, 3.63) is 78.4 Å². The lowest BCUT2D eigenvalue weighted by atomic mass is 10.0. The third-order valence-corrected chi connectivity index (χ3v) is 5.41. The van der Waals surface area contributed by atoms with E-state index in [1.807, 2.05) is 36.4 Å². The molecule has 148 valence electrons. The summed E-state index contributed by atoms with van der Waals surface area (Å²) in [6.45, 7) is 0.985. The quantitative estimate of drug-likeness (QED) is 0.515. The summed E-state index contributed by atoms with van der Waals surface area (Å²) in [5, 5.41) is 8.86. The summed E-state index contributed by atoms with van der Waals surface area (Å²) in [7, 11) is -3.19. The maximum absolute atomic E-state index is 11.4. The molecule has 0 aliphatic rings. The smallest absolute Gasteiger partial charge is 0.175 e. The Kier molecular flexibility index (Phi) is 6.53. The monoisotopic (exact) mass is 407 g/mol. The Balaban J connectivity index is 1.43. The average molecular weight is 407 g/mol. The molecule has 0 radical (unpaired) electrons. The number of sulfone groups is 1. The highest BCUT2D eigenvalue weighted by atomic mass is 32.2. The van der Waals surface area contributed by atoms with Gasteiger partial charge < -0.3 is 9.47 Å². The van der Waals surface area contributed by atoms with Gasteiger partial charge in [-0.2, -0.15) is 5.26 Å². The Bertz CT molecular complexity index is 1080. The van der Waals surface area contributed by atoms with Crippen molar-refractivity contribution in [2.24, 2.45) is 0 Å². The number of ether oxygens (including phenoxy) is 2. The number of nitrogens with zero attached hydrogens (tertiary/aromatic N) is 1. The average Bonchev–Trinajstić information content (AvgIpc) is 2.74. The lowest BCUT2D eigenvalue weighted by Crippen LogP contribution is -2.05. The van der Waals surface area contributed by atoms with Crippen molar-refractivity contribution in [2.75, 3.05) is 19.5 Å². The number of hydrogen-bond donors (Lipinski definition) is 0. The van der Waals surface area contributed by atoms with E-state index in [9.17, 15) is 8.42 Å². The van der Waals surface area contributed by atoms with Crippen molar-refractivity contribution in [3.63, 3.8) is 0 Å². The van der Waals surface area contributed by atoms with Crippen LogP contribution in [-0.2, 0) is 9.84 Å². The van der Waals surface area contributed by atoms with Gasteiger partial charge in [-0.3, -0.25) is 0 Å². The van der Waals surface area contributed by atoms with Crippen molar-refractivity contribution in [1.29, 1.82) is 5.26 Å². The first-order valence-electron chi connectivity index (χ1n) is 9.12. The Morgan fingerprint density at radius 2 is 1.21 bits per heavy atom. The molecule has 0 amide bonds. The molecule has 0 fully saturated rings. The molecule has 3 aromatic carbocycles. The van der Waals surface area contributed by atoms with Crippen molar-refractivity contribution in [3.8, 4) is 28.7 Å².